The molecule has 19 heavy (non-hydrogen) atoms. The van der Waals surface area contributed by atoms with E-state index in [0.29, 0.717) is 19.4 Å². The molecule has 1 aromatic rings. The van der Waals surface area contributed by atoms with Crippen molar-refractivity contribution >= 4 is 17.5 Å². The topological polar surface area (TPSA) is 58.6 Å². The van der Waals surface area contributed by atoms with Gasteiger partial charge in [-0.3, -0.25) is 9.59 Å². The summed E-state index contributed by atoms with van der Waals surface area (Å²) in [5.74, 6) is 0.771. The molecule has 2 amide bonds. The first-order chi connectivity index (χ1) is 9.13. The van der Waals surface area contributed by atoms with Crippen molar-refractivity contribution in [2.75, 3.05) is 18.6 Å². The fourth-order valence-corrected chi connectivity index (χ4v) is 2.15. The Morgan fingerprint density at radius 2 is 2.11 bits per heavy atom. The van der Waals surface area contributed by atoms with Gasteiger partial charge < -0.3 is 15.0 Å². The first-order valence-corrected chi connectivity index (χ1v) is 6.37. The summed E-state index contributed by atoms with van der Waals surface area (Å²) in [6.45, 7) is 2.32. The third-order valence-corrected chi connectivity index (χ3v) is 3.20. The SMILES string of the molecule is CCC(=O)N[C@H]1CC(=O)N(c2ccc(OC)cc2)C1. The van der Waals surface area contributed by atoms with Gasteiger partial charge in [-0.15, -0.1) is 0 Å². The van der Waals surface area contributed by atoms with Gasteiger partial charge in [-0.2, -0.15) is 0 Å². The number of carbonyl (C=O) groups excluding carboxylic acids is 2. The minimum Gasteiger partial charge on any atom is -0.497 e. The Morgan fingerprint density at radius 3 is 2.68 bits per heavy atom. The van der Waals surface area contributed by atoms with Crippen molar-refractivity contribution < 1.29 is 14.3 Å². The van der Waals surface area contributed by atoms with Crippen LogP contribution in [0.4, 0.5) is 5.69 Å². The summed E-state index contributed by atoms with van der Waals surface area (Å²) in [5.41, 5.74) is 0.832. The van der Waals surface area contributed by atoms with Crippen molar-refractivity contribution in [2.24, 2.45) is 0 Å². The molecule has 0 radical (unpaired) electrons. The van der Waals surface area contributed by atoms with Crippen LogP contribution in [0.15, 0.2) is 24.3 Å². The standard InChI is InChI=1S/C14H18N2O3/c1-3-13(17)15-10-8-14(18)16(9-10)11-4-6-12(19-2)7-5-11/h4-7,10H,3,8-9H2,1-2H3,(H,15,17)/t10-/m0/s1. The summed E-state index contributed by atoms with van der Waals surface area (Å²) in [6.07, 6.45) is 0.797. The molecule has 5 nitrogen and oxygen atoms in total. The fourth-order valence-electron chi connectivity index (χ4n) is 2.15. The van der Waals surface area contributed by atoms with Gasteiger partial charge in [0.05, 0.1) is 13.2 Å². The van der Waals surface area contributed by atoms with Gasteiger partial charge in [0.25, 0.3) is 0 Å². The van der Waals surface area contributed by atoms with Gasteiger partial charge >= 0.3 is 0 Å². The quantitative estimate of drug-likeness (QED) is 0.890. The highest BCUT2D eigenvalue weighted by Crippen LogP contribution is 2.24. The molecule has 1 atom stereocenters. The van der Waals surface area contributed by atoms with Gasteiger partial charge in [-0.25, -0.2) is 0 Å². The number of anilines is 1. The lowest BCUT2D eigenvalue weighted by molar-refractivity contribution is -0.121. The van der Waals surface area contributed by atoms with E-state index in [0.717, 1.165) is 11.4 Å². The average Bonchev–Trinajstić information content (AvgIpc) is 2.79. The molecule has 1 saturated heterocycles. The van der Waals surface area contributed by atoms with Crippen LogP contribution in [-0.4, -0.2) is 31.5 Å². The van der Waals surface area contributed by atoms with Crippen molar-refractivity contribution in [1.82, 2.24) is 5.32 Å². The highest BCUT2D eigenvalue weighted by atomic mass is 16.5. The predicted molar refractivity (Wildman–Crippen MR) is 72.2 cm³/mol. The maximum absolute atomic E-state index is 12.0. The predicted octanol–water partition coefficient (Wildman–Crippen LogP) is 1.33. The Balaban J connectivity index is 2.04. The third kappa shape index (κ3) is 3.05. The van der Waals surface area contributed by atoms with Crippen LogP contribution in [0.2, 0.25) is 0 Å². The maximum Gasteiger partial charge on any atom is 0.229 e. The third-order valence-electron chi connectivity index (χ3n) is 3.20. The normalized spacial score (nSPS) is 18.5. The molecule has 1 aliphatic rings. The zero-order valence-corrected chi connectivity index (χ0v) is 11.2. The number of methoxy groups -OCH3 is 1. The molecule has 1 fully saturated rings. The second-order valence-corrected chi connectivity index (χ2v) is 4.52. The van der Waals surface area contributed by atoms with Crippen LogP contribution in [0.3, 0.4) is 0 Å². The molecule has 1 N–H and O–H groups in total. The molecule has 0 spiro atoms. The monoisotopic (exact) mass is 262 g/mol. The molecule has 2 rings (SSSR count). The van der Waals surface area contributed by atoms with E-state index in [-0.39, 0.29) is 17.9 Å². The van der Waals surface area contributed by atoms with Gasteiger partial charge in [-0.1, -0.05) is 6.92 Å². The highest BCUT2D eigenvalue weighted by molar-refractivity contribution is 5.96. The number of ether oxygens (including phenoxy) is 1. The second-order valence-electron chi connectivity index (χ2n) is 4.52. The number of benzene rings is 1. The second kappa shape index (κ2) is 5.73. The molecule has 0 aromatic heterocycles. The molecular weight excluding hydrogens is 244 g/mol. The number of hydrogen-bond acceptors (Lipinski definition) is 3. The first kappa shape index (κ1) is 13.4. The molecular formula is C14H18N2O3. The van der Waals surface area contributed by atoms with Crippen LogP contribution in [0, 0.1) is 0 Å². The minimum atomic E-state index is -0.0953. The smallest absolute Gasteiger partial charge is 0.229 e. The maximum atomic E-state index is 12.0. The highest BCUT2D eigenvalue weighted by Gasteiger charge is 2.31. The Kier molecular flexibility index (Phi) is 4.04. The summed E-state index contributed by atoms with van der Waals surface area (Å²) >= 11 is 0. The number of hydrogen-bond donors (Lipinski definition) is 1. The minimum absolute atomic E-state index is 0.0191. The van der Waals surface area contributed by atoms with Gasteiger partial charge in [-0.05, 0) is 24.3 Å². The van der Waals surface area contributed by atoms with Gasteiger partial charge in [0.1, 0.15) is 5.75 Å². The van der Waals surface area contributed by atoms with E-state index in [1.807, 2.05) is 24.3 Å². The van der Waals surface area contributed by atoms with Crippen molar-refractivity contribution in [3.8, 4) is 5.75 Å². The Bertz CT molecular complexity index is 470. The van der Waals surface area contributed by atoms with Crippen molar-refractivity contribution in [3.63, 3.8) is 0 Å². The lowest BCUT2D eigenvalue weighted by atomic mass is 10.2. The summed E-state index contributed by atoms with van der Waals surface area (Å²) in [7, 11) is 1.60. The van der Waals surface area contributed by atoms with E-state index in [9.17, 15) is 9.59 Å². The van der Waals surface area contributed by atoms with E-state index >= 15 is 0 Å². The fraction of sp³-hybridized carbons (Fsp3) is 0.429. The van der Waals surface area contributed by atoms with E-state index in [2.05, 4.69) is 5.32 Å². The van der Waals surface area contributed by atoms with Crippen LogP contribution in [0.25, 0.3) is 0 Å². The summed E-state index contributed by atoms with van der Waals surface area (Å²) < 4.78 is 5.09. The molecule has 0 bridgehead atoms. The van der Waals surface area contributed by atoms with E-state index < -0.39 is 0 Å². The molecule has 0 saturated carbocycles. The number of rotatable bonds is 4. The zero-order valence-electron chi connectivity index (χ0n) is 11.2. The lowest BCUT2D eigenvalue weighted by Gasteiger charge is -2.17. The molecule has 0 unspecified atom stereocenters. The molecule has 1 heterocycles. The van der Waals surface area contributed by atoms with Crippen molar-refractivity contribution in [2.45, 2.75) is 25.8 Å². The van der Waals surface area contributed by atoms with Crippen LogP contribution >= 0.6 is 0 Å². The summed E-state index contributed by atoms with van der Waals surface area (Å²) in [4.78, 5) is 25.0. The molecule has 5 heteroatoms. The van der Waals surface area contributed by atoms with E-state index in [4.69, 9.17) is 4.74 Å². The van der Waals surface area contributed by atoms with E-state index in [1.54, 1.807) is 18.9 Å². The van der Waals surface area contributed by atoms with E-state index in [1.165, 1.54) is 0 Å². The number of amides is 2. The van der Waals surface area contributed by atoms with Crippen molar-refractivity contribution in [1.29, 1.82) is 0 Å². The van der Waals surface area contributed by atoms with Gasteiger partial charge in [0.2, 0.25) is 11.8 Å². The Hall–Kier alpha value is -2.04. The average molecular weight is 262 g/mol. The van der Waals surface area contributed by atoms with Crippen LogP contribution in [0.1, 0.15) is 19.8 Å². The first-order valence-electron chi connectivity index (χ1n) is 6.37. The largest absolute Gasteiger partial charge is 0.497 e. The van der Waals surface area contributed by atoms with Crippen LogP contribution in [-0.2, 0) is 9.59 Å². The number of carbonyl (C=O) groups is 2. The Labute approximate surface area is 112 Å². The Morgan fingerprint density at radius 1 is 1.42 bits per heavy atom. The number of nitrogens with zero attached hydrogens (tertiary/aromatic N) is 1. The zero-order chi connectivity index (χ0) is 13.8. The molecule has 102 valence electrons. The van der Waals surface area contributed by atoms with Gasteiger partial charge in [0, 0.05) is 25.1 Å². The molecule has 0 aliphatic carbocycles. The number of nitrogens with one attached hydrogen (secondary N) is 1. The van der Waals surface area contributed by atoms with Crippen LogP contribution < -0.4 is 15.0 Å². The lowest BCUT2D eigenvalue weighted by Crippen LogP contribution is -2.36. The van der Waals surface area contributed by atoms with Crippen LogP contribution in [0.5, 0.6) is 5.75 Å². The van der Waals surface area contributed by atoms with Crippen molar-refractivity contribution in [3.05, 3.63) is 24.3 Å². The molecule has 1 aliphatic heterocycles. The summed E-state index contributed by atoms with van der Waals surface area (Å²) in [5, 5.41) is 2.86. The van der Waals surface area contributed by atoms with Gasteiger partial charge in [0.15, 0.2) is 0 Å². The molecule has 1 aromatic carbocycles. The summed E-state index contributed by atoms with van der Waals surface area (Å²) in [6, 6.07) is 7.24.